The molecule has 0 unspecified atom stereocenters. The predicted octanol–water partition coefficient (Wildman–Crippen LogP) is 3.76. The zero-order valence-corrected chi connectivity index (χ0v) is 14.9. The van der Waals surface area contributed by atoms with Gasteiger partial charge in [0.15, 0.2) is 0 Å². The van der Waals surface area contributed by atoms with Crippen molar-refractivity contribution in [3.05, 3.63) is 59.2 Å². The number of phenols is 1. The Morgan fingerprint density at radius 2 is 1.88 bits per heavy atom. The van der Waals surface area contributed by atoms with Gasteiger partial charge >= 0.3 is 0 Å². The summed E-state index contributed by atoms with van der Waals surface area (Å²) in [7, 11) is 0. The molecule has 1 aliphatic rings. The van der Waals surface area contributed by atoms with E-state index in [9.17, 15) is 14.7 Å². The van der Waals surface area contributed by atoms with Crippen molar-refractivity contribution < 1.29 is 14.7 Å². The van der Waals surface area contributed by atoms with Crippen molar-refractivity contribution in [1.29, 1.82) is 0 Å². The molecule has 0 atom stereocenters. The van der Waals surface area contributed by atoms with E-state index >= 15 is 0 Å². The maximum Gasteiger partial charge on any atom is 0.255 e. The largest absolute Gasteiger partial charge is 0.507 e. The molecule has 5 nitrogen and oxygen atoms in total. The first-order valence-electron chi connectivity index (χ1n) is 9.00. The molecule has 1 saturated carbocycles. The Labute approximate surface area is 153 Å². The van der Waals surface area contributed by atoms with Crippen molar-refractivity contribution in [3.8, 4) is 5.75 Å². The first-order valence-corrected chi connectivity index (χ1v) is 9.00. The molecule has 0 spiro atoms. The van der Waals surface area contributed by atoms with Crippen LogP contribution in [0.2, 0.25) is 0 Å². The van der Waals surface area contributed by atoms with E-state index in [1.54, 1.807) is 12.1 Å². The highest BCUT2D eigenvalue weighted by atomic mass is 16.3. The van der Waals surface area contributed by atoms with Crippen LogP contribution in [0.4, 0.5) is 5.69 Å². The van der Waals surface area contributed by atoms with Gasteiger partial charge in [0.1, 0.15) is 5.75 Å². The second-order valence-electron chi connectivity index (χ2n) is 6.87. The van der Waals surface area contributed by atoms with Crippen molar-refractivity contribution in [2.24, 2.45) is 5.92 Å². The second kappa shape index (κ2) is 8.04. The number of hydrogen-bond donors (Lipinski definition) is 3. The van der Waals surface area contributed by atoms with Crippen molar-refractivity contribution in [3.63, 3.8) is 0 Å². The maximum absolute atomic E-state index is 12.3. The lowest BCUT2D eigenvalue weighted by Crippen LogP contribution is -2.23. The lowest BCUT2D eigenvalue weighted by molar-refractivity contribution is -0.119. The summed E-state index contributed by atoms with van der Waals surface area (Å²) in [4.78, 5) is 24.5. The molecule has 3 N–H and O–H groups in total. The van der Waals surface area contributed by atoms with Crippen LogP contribution in [0.1, 0.15) is 47.2 Å². The molecule has 1 aliphatic carbocycles. The molecule has 136 valence electrons. The smallest absolute Gasteiger partial charge is 0.255 e. The van der Waals surface area contributed by atoms with Crippen LogP contribution in [0.15, 0.2) is 42.5 Å². The molecule has 0 radical (unpaired) electrons. The molecular weight excluding hydrogens is 328 g/mol. The minimum absolute atomic E-state index is 0.0364. The van der Waals surface area contributed by atoms with E-state index in [1.165, 1.54) is 6.07 Å². The summed E-state index contributed by atoms with van der Waals surface area (Å²) in [5.74, 6) is -0.173. The maximum atomic E-state index is 12.3. The van der Waals surface area contributed by atoms with Gasteiger partial charge in [-0.2, -0.15) is 0 Å². The van der Waals surface area contributed by atoms with Crippen LogP contribution in [-0.2, 0) is 11.3 Å². The molecular formula is C21H24N2O3. The normalized spacial score (nSPS) is 14.2. The Kier molecular flexibility index (Phi) is 5.56. The van der Waals surface area contributed by atoms with Crippen LogP contribution in [0.25, 0.3) is 0 Å². The van der Waals surface area contributed by atoms with Crippen LogP contribution in [-0.4, -0.2) is 16.9 Å². The molecule has 0 bridgehead atoms. The predicted molar refractivity (Wildman–Crippen MR) is 101 cm³/mol. The van der Waals surface area contributed by atoms with Gasteiger partial charge in [0.05, 0.1) is 5.56 Å². The SMILES string of the molecule is Cc1ccc(O)c(C(=O)NCc2cccc(NC(=O)C3CCCC3)c2)c1. The molecule has 2 aromatic rings. The van der Waals surface area contributed by atoms with E-state index in [-0.39, 0.29) is 29.0 Å². The number of carbonyl (C=O) groups excluding carboxylic acids is 2. The molecule has 5 heteroatoms. The van der Waals surface area contributed by atoms with Gasteiger partial charge in [-0.1, -0.05) is 36.6 Å². The molecule has 2 aromatic carbocycles. The summed E-state index contributed by atoms with van der Waals surface area (Å²) < 4.78 is 0. The second-order valence-corrected chi connectivity index (χ2v) is 6.87. The fourth-order valence-corrected chi connectivity index (χ4v) is 3.30. The standard InChI is InChI=1S/C21H24N2O3/c1-14-9-10-19(24)18(11-14)21(26)22-13-15-5-4-8-17(12-15)23-20(25)16-6-2-3-7-16/h4-5,8-12,16,24H,2-3,6-7,13H2,1H3,(H,22,26)(H,23,25). The van der Waals surface area contributed by atoms with Gasteiger partial charge in [-0.15, -0.1) is 0 Å². The average molecular weight is 352 g/mol. The number of aromatic hydroxyl groups is 1. The summed E-state index contributed by atoms with van der Waals surface area (Å²) >= 11 is 0. The third kappa shape index (κ3) is 4.42. The lowest BCUT2D eigenvalue weighted by atomic mass is 10.1. The van der Waals surface area contributed by atoms with Gasteiger partial charge in [0.25, 0.3) is 5.91 Å². The summed E-state index contributed by atoms with van der Waals surface area (Å²) in [5.41, 5.74) is 2.79. The van der Waals surface area contributed by atoms with Gasteiger partial charge in [-0.25, -0.2) is 0 Å². The number of benzene rings is 2. The fourth-order valence-electron chi connectivity index (χ4n) is 3.30. The van der Waals surface area contributed by atoms with Crippen molar-refractivity contribution >= 4 is 17.5 Å². The summed E-state index contributed by atoms with van der Waals surface area (Å²) in [5, 5.41) is 15.6. The van der Waals surface area contributed by atoms with Crippen LogP contribution in [0, 0.1) is 12.8 Å². The Balaban J connectivity index is 1.60. The molecule has 26 heavy (non-hydrogen) atoms. The van der Waals surface area contributed by atoms with Crippen LogP contribution < -0.4 is 10.6 Å². The number of hydrogen-bond acceptors (Lipinski definition) is 3. The summed E-state index contributed by atoms with van der Waals surface area (Å²) in [6, 6.07) is 12.4. The van der Waals surface area contributed by atoms with E-state index in [1.807, 2.05) is 31.2 Å². The van der Waals surface area contributed by atoms with E-state index in [4.69, 9.17) is 0 Å². The van der Waals surface area contributed by atoms with Crippen molar-refractivity contribution in [2.45, 2.75) is 39.2 Å². The summed E-state index contributed by atoms with van der Waals surface area (Å²) in [6.07, 6.45) is 4.16. The molecule has 1 fully saturated rings. The zero-order valence-electron chi connectivity index (χ0n) is 14.9. The van der Waals surface area contributed by atoms with Crippen LogP contribution >= 0.6 is 0 Å². The number of amides is 2. The monoisotopic (exact) mass is 352 g/mol. The first kappa shape index (κ1) is 18.0. The third-order valence-corrected chi connectivity index (χ3v) is 4.77. The Morgan fingerprint density at radius 1 is 1.12 bits per heavy atom. The number of nitrogens with one attached hydrogen (secondary N) is 2. The zero-order chi connectivity index (χ0) is 18.5. The first-order chi connectivity index (χ1) is 12.5. The van der Waals surface area contributed by atoms with Gasteiger partial charge in [-0.3, -0.25) is 9.59 Å². The van der Waals surface area contributed by atoms with Gasteiger partial charge < -0.3 is 15.7 Å². The highest BCUT2D eigenvalue weighted by Crippen LogP contribution is 2.26. The van der Waals surface area contributed by atoms with Gasteiger partial charge in [0.2, 0.25) is 5.91 Å². The Hall–Kier alpha value is -2.82. The van der Waals surface area contributed by atoms with Crippen molar-refractivity contribution in [1.82, 2.24) is 5.32 Å². The molecule has 0 heterocycles. The molecule has 0 saturated heterocycles. The minimum atomic E-state index is -0.327. The van der Waals surface area contributed by atoms with Gasteiger partial charge in [-0.05, 0) is 49.6 Å². The quantitative estimate of drug-likeness (QED) is 0.767. The lowest BCUT2D eigenvalue weighted by Gasteiger charge is -2.12. The topological polar surface area (TPSA) is 78.4 Å². The molecule has 2 amide bonds. The molecule has 0 aliphatic heterocycles. The van der Waals surface area contributed by atoms with E-state index in [0.29, 0.717) is 6.54 Å². The number of phenolic OH excluding ortho intramolecular Hbond substituents is 1. The summed E-state index contributed by atoms with van der Waals surface area (Å²) in [6.45, 7) is 2.19. The third-order valence-electron chi connectivity index (χ3n) is 4.77. The van der Waals surface area contributed by atoms with E-state index in [2.05, 4.69) is 10.6 Å². The highest BCUT2D eigenvalue weighted by molar-refractivity contribution is 5.97. The van der Waals surface area contributed by atoms with E-state index in [0.717, 1.165) is 42.5 Å². The van der Waals surface area contributed by atoms with E-state index < -0.39 is 0 Å². The highest BCUT2D eigenvalue weighted by Gasteiger charge is 2.22. The Morgan fingerprint density at radius 3 is 2.65 bits per heavy atom. The van der Waals surface area contributed by atoms with Crippen LogP contribution in [0.3, 0.4) is 0 Å². The minimum Gasteiger partial charge on any atom is -0.507 e. The molecule has 3 rings (SSSR count). The van der Waals surface area contributed by atoms with Gasteiger partial charge in [0, 0.05) is 18.2 Å². The Bertz CT molecular complexity index is 811. The fraction of sp³-hybridized carbons (Fsp3) is 0.333. The van der Waals surface area contributed by atoms with Crippen LogP contribution in [0.5, 0.6) is 5.75 Å². The van der Waals surface area contributed by atoms with Crippen molar-refractivity contribution in [2.75, 3.05) is 5.32 Å². The average Bonchev–Trinajstić information content (AvgIpc) is 3.17. The number of rotatable bonds is 5. The molecule has 0 aromatic heterocycles. The number of carbonyl (C=O) groups is 2. The number of anilines is 1. The number of aryl methyl sites for hydroxylation is 1.